The van der Waals surface area contributed by atoms with Gasteiger partial charge in [-0.15, -0.1) is 0 Å². The number of rotatable bonds is 4. The number of nitrogens with one attached hydrogen (secondary N) is 1. The van der Waals surface area contributed by atoms with Crippen molar-refractivity contribution in [2.75, 3.05) is 7.05 Å². The van der Waals surface area contributed by atoms with Gasteiger partial charge >= 0.3 is 0 Å². The summed E-state index contributed by atoms with van der Waals surface area (Å²) in [5.74, 6) is -0.181. The molecule has 19 heavy (non-hydrogen) atoms. The third-order valence-corrected chi connectivity index (χ3v) is 4.25. The molecule has 0 spiro atoms. The fourth-order valence-electron chi connectivity index (χ4n) is 2.01. The van der Waals surface area contributed by atoms with Crippen LogP contribution >= 0.6 is 38.5 Å². The molecule has 1 nitrogen and oxygen atoms in total. The average molecular weight is 434 g/mol. The van der Waals surface area contributed by atoms with Crippen molar-refractivity contribution in [3.8, 4) is 0 Å². The van der Waals surface area contributed by atoms with Crippen LogP contribution in [0, 0.1) is 9.39 Å². The zero-order valence-electron chi connectivity index (χ0n) is 10.5. The summed E-state index contributed by atoms with van der Waals surface area (Å²) >= 11 is 5.56. The maximum absolute atomic E-state index is 14.0. The first-order valence-electron chi connectivity index (χ1n) is 5.97. The molecule has 1 atom stereocenters. The predicted octanol–water partition coefficient (Wildman–Crippen LogP) is 4.70. The average Bonchev–Trinajstić information content (AvgIpc) is 2.39. The Morgan fingerprint density at radius 1 is 1.21 bits per heavy atom. The second-order valence-electron chi connectivity index (χ2n) is 4.34. The normalized spacial score (nSPS) is 12.4. The number of halogens is 3. The molecule has 0 aliphatic carbocycles. The van der Waals surface area contributed by atoms with Gasteiger partial charge in [0.2, 0.25) is 0 Å². The second-order valence-corrected chi connectivity index (χ2v) is 6.50. The summed E-state index contributed by atoms with van der Waals surface area (Å²) in [5, 5.41) is 3.18. The summed E-state index contributed by atoms with van der Waals surface area (Å²) < 4.78 is 16.0. The molecule has 0 bridgehead atoms. The summed E-state index contributed by atoms with van der Waals surface area (Å²) in [5.41, 5.74) is 1.89. The number of hydrogen-bond acceptors (Lipinski definition) is 1. The maximum Gasteiger partial charge on any atom is 0.129 e. The van der Waals surface area contributed by atoms with E-state index in [0.29, 0.717) is 5.56 Å². The Bertz CT molecular complexity index is 557. The molecule has 0 aromatic heterocycles. The quantitative estimate of drug-likeness (QED) is 0.689. The van der Waals surface area contributed by atoms with Gasteiger partial charge in [-0.2, -0.15) is 0 Å². The zero-order chi connectivity index (χ0) is 13.8. The summed E-state index contributed by atoms with van der Waals surface area (Å²) in [6.45, 7) is 0. The van der Waals surface area contributed by atoms with Gasteiger partial charge < -0.3 is 5.32 Å². The Morgan fingerprint density at radius 2 is 1.89 bits per heavy atom. The molecular weight excluding hydrogens is 420 g/mol. The molecule has 0 radical (unpaired) electrons. The number of benzene rings is 2. The highest BCUT2D eigenvalue weighted by Gasteiger charge is 2.14. The van der Waals surface area contributed by atoms with Crippen molar-refractivity contribution in [2.45, 2.75) is 12.5 Å². The van der Waals surface area contributed by atoms with Crippen molar-refractivity contribution in [1.82, 2.24) is 5.32 Å². The molecule has 0 fully saturated rings. The van der Waals surface area contributed by atoms with Gasteiger partial charge in [0.05, 0.1) is 0 Å². The standard InChI is InChI=1S/C15H14BrFIN/c1-19-15(8-10-2-5-12(18)6-3-10)13-7-4-11(16)9-14(13)17/h2-7,9,15,19H,8H2,1H3. The molecular formula is C15H14BrFIN. The lowest BCUT2D eigenvalue weighted by Gasteiger charge is -2.17. The van der Waals surface area contributed by atoms with Gasteiger partial charge in [0, 0.05) is 19.6 Å². The van der Waals surface area contributed by atoms with Crippen LogP contribution in [0.4, 0.5) is 4.39 Å². The summed E-state index contributed by atoms with van der Waals surface area (Å²) in [4.78, 5) is 0. The molecule has 2 aromatic rings. The van der Waals surface area contributed by atoms with Crippen molar-refractivity contribution in [1.29, 1.82) is 0 Å². The van der Waals surface area contributed by atoms with Crippen LogP contribution < -0.4 is 5.32 Å². The van der Waals surface area contributed by atoms with Crippen molar-refractivity contribution >= 4 is 38.5 Å². The lowest BCUT2D eigenvalue weighted by Crippen LogP contribution is -2.20. The Hall–Kier alpha value is -0.460. The molecule has 2 aromatic carbocycles. The van der Waals surface area contributed by atoms with Crippen LogP contribution in [0.3, 0.4) is 0 Å². The highest BCUT2D eigenvalue weighted by Crippen LogP contribution is 2.24. The highest BCUT2D eigenvalue weighted by atomic mass is 127. The molecule has 1 N–H and O–H groups in total. The molecule has 0 aliphatic heterocycles. The third-order valence-electron chi connectivity index (χ3n) is 3.04. The molecule has 0 saturated carbocycles. The van der Waals surface area contributed by atoms with Gasteiger partial charge in [-0.1, -0.05) is 34.1 Å². The smallest absolute Gasteiger partial charge is 0.129 e. The van der Waals surface area contributed by atoms with Crippen molar-refractivity contribution in [2.24, 2.45) is 0 Å². The molecule has 4 heteroatoms. The van der Waals surface area contributed by atoms with Gasteiger partial charge in [-0.05, 0) is 65.9 Å². The molecule has 0 saturated heterocycles. The molecule has 1 unspecified atom stereocenters. The molecule has 0 amide bonds. The van der Waals surface area contributed by atoms with Crippen molar-refractivity contribution in [3.05, 3.63) is 67.5 Å². The Morgan fingerprint density at radius 3 is 2.47 bits per heavy atom. The van der Waals surface area contributed by atoms with E-state index in [1.165, 1.54) is 15.2 Å². The monoisotopic (exact) mass is 433 g/mol. The largest absolute Gasteiger partial charge is 0.313 e. The minimum absolute atomic E-state index is 0.0202. The Balaban J connectivity index is 2.22. The van der Waals surface area contributed by atoms with Crippen LogP contribution in [0.2, 0.25) is 0 Å². The van der Waals surface area contributed by atoms with E-state index >= 15 is 0 Å². The number of likely N-dealkylation sites (N-methyl/N-ethyl adjacent to an activating group) is 1. The van der Waals surface area contributed by atoms with E-state index in [2.05, 4.69) is 68.1 Å². The van der Waals surface area contributed by atoms with E-state index in [1.807, 2.05) is 19.2 Å². The minimum atomic E-state index is -0.181. The highest BCUT2D eigenvalue weighted by molar-refractivity contribution is 14.1. The van der Waals surface area contributed by atoms with E-state index in [-0.39, 0.29) is 11.9 Å². The van der Waals surface area contributed by atoms with E-state index in [4.69, 9.17) is 0 Å². The predicted molar refractivity (Wildman–Crippen MR) is 88.8 cm³/mol. The van der Waals surface area contributed by atoms with Crippen molar-refractivity contribution in [3.63, 3.8) is 0 Å². The van der Waals surface area contributed by atoms with Gasteiger partial charge in [-0.25, -0.2) is 4.39 Å². The van der Waals surface area contributed by atoms with E-state index in [9.17, 15) is 4.39 Å². The van der Waals surface area contributed by atoms with E-state index in [0.717, 1.165) is 10.9 Å². The van der Waals surface area contributed by atoms with Crippen LogP contribution in [-0.2, 0) is 6.42 Å². The van der Waals surface area contributed by atoms with Crippen LogP contribution in [0.15, 0.2) is 46.9 Å². The van der Waals surface area contributed by atoms with Gasteiger partial charge in [0.25, 0.3) is 0 Å². The van der Waals surface area contributed by atoms with Crippen LogP contribution in [-0.4, -0.2) is 7.05 Å². The molecule has 0 aliphatic rings. The van der Waals surface area contributed by atoms with Crippen LogP contribution in [0.1, 0.15) is 17.2 Å². The first-order valence-corrected chi connectivity index (χ1v) is 7.84. The first kappa shape index (κ1) is 14.9. The third kappa shape index (κ3) is 4.00. The summed E-state index contributed by atoms with van der Waals surface area (Å²) in [6, 6.07) is 13.5. The fourth-order valence-corrected chi connectivity index (χ4v) is 2.70. The van der Waals surface area contributed by atoms with Gasteiger partial charge in [-0.3, -0.25) is 0 Å². The van der Waals surface area contributed by atoms with Crippen molar-refractivity contribution < 1.29 is 4.39 Å². The maximum atomic E-state index is 14.0. The first-order chi connectivity index (χ1) is 9.10. The second kappa shape index (κ2) is 6.81. The SMILES string of the molecule is CNC(Cc1ccc(I)cc1)c1ccc(Br)cc1F. The van der Waals surface area contributed by atoms with Crippen LogP contribution in [0.5, 0.6) is 0 Å². The van der Waals surface area contributed by atoms with Crippen LogP contribution in [0.25, 0.3) is 0 Å². The molecule has 2 rings (SSSR count). The van der Waals surface area contributed by atoms with E-state index in [1.54, 1.807) is 0 Å². The lowest BCUT2D eigenvalue weighted by atomic mass is 9.98. The molecule has 100 valence electrons. The number of hydrogen-bond donors (Lipinski definition) is 1. The topological polar surface area (TPSA) is 12.0 Å². The minimum Gasteiger partial charge on any atom is -0.313 e. The molecule has 0 heterocycles. The summed E-state index contributed by atoms with van der Waals surface area (Å²) in [7, 11) is 1.86. The fraction of sp³-hybridized carbons (Fsp3) is 0.200. The van der Waals surface area contributed by atoms with Gasteiger partial charge in [0.1, 0.15) is 5.82 Å². The lowest BCUT2D eigenvalue weighted by molar-refractivity contribution is 0.533. The van der Waals surface area contributed by atoms with Gasteiger partial charge in [0.15, 0.2) is 0 Å². The zero-order valence-corrected chi connectivity index (χ0v) is 14.2. The van der Waals surface area contributed by atoms with E-state index < -0.39 is 0 Å². The Kier molecular flexibility index (Phi) is 5.36. The Labute approximate surface area is 134 Å². The summed E-state index contributed by atoms with van der Waals surface area (Å²) in [6.07, 6.45) is 0.770.